The van der Waals surface area contributed by atoms with Crippen LogP contribution < -0.4 is 16.2 Å². The van der Waals surface area contributed by atoms with Crippen molar-refractivity contribution in [2.75, 3.05) is 23.9 Å². The highest BCUT2D eigenvalue weighted by atomic mass is 16.3. The van der Waals surface area contributed by atoms with Crippen molar-refractivity contribution < 1.29 is 5.11 Å². The van der Waals surface area contributed by atoms with Crippen molar-refractivity contribution in [3.8, 4) is 5.95 Å². The zero-order valence-corrected chi connectivity index (χ0v) is 11.5. The molecule has 0 radical (unpaired) electrons. The second-order valence-corrected chi connectivity index (χ2v) is 4.91. The van der Waals surface area contributed by atoms with E-state index in [-0.39, 0.29) is 11.9 Å². The van der Waals surface area contributed by atoms with Crippen LogP contribution in [0.5, 0.6) is 0 Å². The Kier molecular flexibility index (Phi) is 3.77. The number of nitrogen functional groups attached to an aromatic ring is 1. The molecule has 0 saturated heterocycles. The van der Waals surface area contributed by atoms with Gasteiger partial charge in [-0.25, -0.2) is 10.8 Å². The molecule has 0 aromatic carbocycles. The van der Waals surface area contributed by atoms with Gasteiger partial charge in [0.15, 0.2) is 0 Å². The summed E-state index contributed by atoms with van der Waals surface area (Å²) >= 11 is 0. The van der Waals surface area contributed by atoms with Crippen LogP contribution in [0.2, 0.25) is 0 Å². The lowest BCUT2D eigenvalue weighted by Crippen LogP contribution is -2.37. The smallest absolute Gasteiger partial charge is 0.258 e. The highest BCUT2D eigenvalue weighted by Crippen LogP contribution is 2.13. The van der Waals surface area contributed by atoms with E-state index in [1.807, 2.05) is 0 Å². The Bertz CT molecular complexity index is 563. The van der Waals surface area contributed by atoms with Gasteiger partial charge in [-0.15, -0.1) is 0 Å². The van der Waals surface area contributed by atoms with Crippen LogP contribution in [0.3, 0.4) is 0 Å². The molecule has 2 aromatic rings. The molecule has 0 bridgehead atoms. The lowest BCUT2D eigenvalue weighted by atomic mass is 10.1. The fraction of sp³-hybridized carbons (Fsp3) is 0.500. The summed E-state index contributed by atoms with van der Waals surface area (Å²) in [7, 11) is 1.76. The number of hydrogen-bond acceptors (Lipinski definition) is 9. The number of nitrogens with zero attached hydrogens (tertiary/aromatic N) is 7. The molecule has 0 unspecified atom stereocenters. The predicted molar refractivity (Wildman–Crippen MR) is 72.1 cm³/mol. The third-order valence-corrected chi connectivity index (χ3v) is 2.33. The Morgan fingerprint density at radius 3 is 2.70 bits per heavy atom. The lowest BCUT2D eigenvalue weighted by molar-refractivity contribution is 0.0882. The van der Waals surface area contributed by atoms with Crippen LogP contribution in [0.1, 0.15) is 13.8 Å². The van der Waals surface area contributed by atoms with Gasteiger partial charge in [-0.3, -0.25) is 5.43 Å². The number of anilines is 2. The van der Waals surface area contributed by atoms with E-state index in [9.17, 15) is 5.11 Å². The summed E-state index contributed by atoms with van der Waals surface area (Å²) in [6, 6.07) is 0. The van der Waals surface area contributed by atoms with Crippen molar-refractivity contribution in [2.24, 2.45) is 5.84 Å². The minimum absolute atomic E-state index is 0.197. The number of likely N-dealkylation sites (N-methyl/N-ethyl adjacent to an activating group) is 1. The van der Waals surface area contributed by atoms with E-state index in [0.29, 0.717) is 12.5 Å². The quantitative estimate of drug-likeness (QED) is 0.463. The molecule has 10 nitrogen and oxygen atoms in total. The van der Waals surface area contributed by atoms with Gasteiger partial charge in [-0.05, 0) is 13.8 Å². The number of nitrogens with one attached hydrogen (secondary N) is 1. The molecule has 0 aliphatic rings. The van der Waals surface area contributed by atoms with Gasteiger partial charge >= 0.3 is 0 Å². The maximum Gasteiger partial charge on any atom is 0.258 e. The van der Waals surface area contributed by atoms with E-state index in [4.69, 9.17) is 5.84 Å². The zero-order valence-electron chi connectivity index (χ0n) is 11.5. The average Bonchev–Trinajstić information content (AvgIpc) is 2.90. The first-order chi connectivity index (χ1) is 9.39. The Hall–Kier alpha value is -2.33. The van der Waals surface area contributed by atoms with Gasteiger partial charge in [0.25, 0.3) is 5.95 Å². The molecule has 0 spiro atoms. The van der Waals surface area contributed by atoms with Gasteiger partial charge in [-0.2, -0.15) is 24.7 Å². The minimum Gasteiger partial charge on any atom is -0.389 e. The molecule has 2 aromatic heterocycles. The maximum atomic E-state index is 9.85. The highest BCUT2D eigenvalue weighted by molar-refractivity contribution is 5.38. The van der Waals surface area contributed by atoms with E-state index < -0.39 is 5.60 Å². The molecule has 2 rings (SSSR count). The average molecular weight is 279 g/mol. The fourth-order valence-corrected chi connectivity index (χ4v) is 1.65. The minimum atomic E-state index is -0.884. The summed E-state index contributed by atoms with van der Waals surface area (Å²) in [5.74, 6) is 6.19. The summed E-state index contributed by atoms with van der Waals surface area (Å²) in [6.45, 7) is 3.74. The summed E-state index contributed by atoms with van der Waals surface area (Å²) in [5.41, 5.74) is 1.49. The van der Waals surface area contributed by atoms with Crippen molar-refractivity contribution in [1.82, 2.24) is 29.7 Å². The molecule has 0 amide bonds. The molecule has 0 atom stereocenters. The normalized spacial score (nSPS) is 11.4. The third kappa shape index (κ3) is 3.36. The molecular formula is C10H17N9O. The van der Waals surface area contributed by atoms with Crippen LogP contribution in [0.4, 0.5) is 11.9 Å². The van der Waals surface area contributed by atoms with Crippen LogP contribution in [0.25, 0.3) is 5.95 Å². The SMILES string of the molecule is CN(CC(C)(C)O)c1nc(NN)nc(-n2cncn2)n1. The van der Waals surface area contributed by atoms with E-state index in [1.54, 1.807) is 25.8 Å². The summed E-state index contributed by atoms with van der Waals surface area (Å²) in [5, 5.41) is 13.8. The van der Waals surface area contributed by atoms with Gasteiger partial charge in [0.1, 0.15) is 12.7 Å². The Labute approximate surface area is 115 Å². The van der Waals surface area contributed by atoms with Crippen molar-refractivity contribution in [2.45, 2.75) is 19.4 Å². The van der Waals surface area contributed by atoms with Crippen LogP contribution in [0, 0.1) is 0 Å². The van der Waals surface area contributed by atoms with Crippen LogP contribution in [0.15, 0.2) is 12.7 Å². The second-order valence-electron chi connectivity index (χ2n) is 4.91. The Morgan fingerprint density at radius 2 is 2.15 bits per heavy atom. The van der Waals surface area contributed by atoms with Crippen molar-refractivity contribution in [3.63, 3.8) is 0 Å². The van der Waals surface area contributed by atoms with Crippen molar-refractivity contribution in [1.29, 1.82) is 0 Å². The van der Waals surface area contributed by atoms with Crippen LogP contribution >= 0.6 is 0 Å². The zero-order chi connectivity index (χ0) is 14.8. The van der Waals surface area contributed by atoms with E-state index in [1.165, 1.54) is 17.3 Å². The summed E-state index contributed by atoms with van der Waals surface area (Å²) < 4.78 is 1.39. The predicted octanol–water partition coefficient (Wildman–Crippen LogP) is -1.05. The number of rotatable bonds is 5. The molecule has 108 valence electrons. The first-order valence-electron chi connectivity index (χ1n) is 5.90. The molecular weight excluding hydrogens is 262 g/mol. The van der Waals surface area contributed by atoms with Gasteiger partial charge in [-0.1, -0.05) is 0 Å². The van der Waals surface area contributed by atoms with Gasteiger partial charge < -0.3 is 10.0 Å². The number of aromatic nitrogens is 6. The lowest BCUT2D eigenvalue weighted by Gasteiger charge is -2.25. The maximum absolute atomic E-state index is 9.85. The number of hydrazine groups is 1. The molecule has 0 fully saturated rings. The van der Waals surface area contributed by atoms with Crippen LogP contribution in [-0.4, -0.2) is 54.0 Å². The Morgan fingerprint density at radius 1 is 1.40 bits per heavy atom. The molecule has 0 saturated carbocycles. The third-order valence-electron chi connectivity index (χ3n) is 2.33. The molecule has 0 aliphatic carbocycles. The van der Waals surface area contributed by atoms with Crippen molar-refractivity contribution >= 4 is 11.9 Å². The van der Waals surface area contributed by atoms with E-state index in [0.717, 1.165) is 0 Å². The molecule has 4 N–H and O–H groups in total. The van der Waals surface area contributed by atoms with E-state index >= 15 is 0 Å². The van der Waals surface area contributed by atoms with E-state index in [2.05, 4.69) is 30.5 Å². The topological polar surface area (TPSA) is 131 Å². The summed E-state index contributed by atoms with van der Waals surface area (Å²) in [6.07, 6.45) is 2.84. The molecule has 20 heavy (non-hydrogen) atoms. The first kappa shape index (κ1) is 14.1. The van der Waals surface area contributed by atoms with Gasteiger partial charge in [0, 0.05) is 13.6 Å². The number of hydrogen-bond donors (Lipinski definition) is 3. The number of nitrogens with two attached hydrogens (primary N) is 1. The Balaban J connectivity index is 2.36. The highest BCUT2D eigenvalue weighted by Gasteiger charge is 2.19. The molecule has 10 heteroatoms. The summed E-state index contributed by atoms with van der Waals surface area (Å²) in [4.78, 5) is 18.0. The standard InChI is InChI=1S/C10H17N9O/c1-10(2,20)4-18(3)8-14-7(17-11)15-9(16-8)19-6-12-5-13-19/h5-6,20H,4,11H2,1-3H3,(H,14,15,16,17). The fourth-order valence-electron chi connectivity index (χ4n) is 1.65. The monoisotopic (exact) mass is 279 g/mol. The molecule has 2 heterocycles. The van der Waals surface area contributed by atoms with Crippen molar-refractivity contribution in [3.05, 3.63) is 12.7 Å². The van der Waals surface area contributed by atoms with Gasteiger partial charge in [0.2, 0.25) is 11.9 Å². The van der Waals surface area contributed by atoms with Crippen LogP contribution in [-0.2, 0) is 0 Å². The van der Waals surface area contributed by atoms with Gasteiger partial charge in [0.05, 0.1) is 5.60 Å². The first-order valence-corrected chi connectivity index (χ1v) is 5.90. The second kappa shape index (κ2) is 5.35. The molecule has 0 aliphatic heterocycles. The number of aliphatic hydroxyl groups is 1. The largest absolute Gasteiger partial charge is 0.389 e.